The molecule has 0 fully saturated rings. The lowest BCUT2D eigenvalue weighted by Gasteiger charge is -2.24. The van der Waals surface area contributed by atoms with E-state index in [0.29, 0.717) is 6.42 Å². The molecule has 0 saturated heterocycles. The average molecular weight is 280 g/mol. The third-order valence-electron chi connectivity index (χ3n) is 2.09. The first kappa shape index (κ1) is 17.6. The number of ether oxygens (including phenoxy) is 3. The van der Waals surface area contributed by atoms with Gasteiger partial charge >= 0.3 is 12.1 Å². The Balaban J connectivity index is 4.35. The number of esters is 1. The van der Waals surface area contributed by atoms with Gasteiger partial charge in [0.05, 0.1) is 6.61 Å². The Bertz CT molecular complexity index is 280. The largest absolute Gasteiger partial charge is 0.506 e. The van der Waals surface area contributed by atoms with Crippen LogP contribution in [0.3, 0.4) is 0 Å². The van der Waals surface area contributed by atoms with Crippen molar-refractivity contribution in [3.05, 3.63) is 0 Å². The lowest BCUT2D eigenvalue weighted by atomic mass is 10.1. The van der Waals surface area contributed by atoms with E-state index in [-0.39, 0.29) is 19.6 Å². The molecule has 3 unspecified atom stereocenters. The normalized spacial score (nSPS) is 15.4. The van der Waals surface area contributed by atoms with Crippen LogP contribution in [0.5, 0.6) is 0 Å². The van der Waals surface area contributed by atoms with Gasteiger partial charge in [-0.3, -0.25) is 4.79 Å². The molecular formula is C11H20O8. The third kappa shape index (κ3) is 9.23. The highest BCUT2D eigenvalue weighted by atomic mass is 16.7. The van der Waals surface area contributed by atoms with Gasteiger partial charge in [-0.25, -0.2) is 4.79 Å². The van der Waals surface area contributed by atoms with Gasteiger partial charge in [0.25, 0.3) is 0 Å². The number of aliphatic hydroxyl groups is 2. The summed E-state index contributed by atoms with van der Waals surface area (Å²) < 4.78 is 14.2. The van der Waals surface area contributed by atoms with Gasteiger partial charge in [-0.15, -0.1) is 0 Å². The zero-order valence-corrected chi connectivity index (χ0v) is 10.9. The van der Waals surface area contributed by atoms with Crippen molar-refractivity contribution in [1.29, 1.82) is 0 Å². The van der Waals surface area contributed by atoms with E-state index in [1.54, 1.807) is 6.92 Å². The molecule has 0 heterocycles. The van der Waals surface area contributed by atoms with Crippen LogP contribution in [0, 0.1) is 0 Å². The zero-order chi connectivity index (χ0) is 14.8. The molecule has 0 aromatic heterocycles. The Morgan fingerprint density at radius 1 is 1.26 bits per heavy atom. The highest BCUT2D eigenvalue weighted by Crippen LogP contribution is 2.12. The number of carboxylic acid groups (broad SMARTS) is 1. The van der Waals surface area contributed by atoms with Crippen molar-refractivity contribution in [3.63, 3.8) is 0 Å². The number of carbonyl (C=O) groups is 2. The molecule has 8 heteroatoms. The molecule has 0 aromatic rings. The van der Waals surface area contributed by atoms with E-state index in [1.807, 2.05) is 0 Å². The fourth-order valence-corrected chi connectivity index (χ4v) is 1.39. The molecule has 0 saturated carbocycles. The molecule has 0 bridgehead atoms. The van der Waals surface area contributed by atoms with Crippen LogP contribution in [0.15, 0.2) is 0 Å². The van der Waals surface area contributed by atoms with Crippen molar-refractivity contribution in [2.24, 2.45) is 0 Å². The molecule has 3 N–H and O–H groups in total. The van der Waals surface area contributed by atoms with E-state index >= 15 is 0 Å². The van der Waals surface area contributed by atoms with E-state index in [1.165, 1.54) is 6.92 Å². The molecule has 0 aliphatic rings. The lowest BCUT2D eigenvalue weighted by Crippen LogP contribution is -2.36. The molecule has 0 radical (unpaired) electrons. The maximum absolute atomic E-state index is 10.7. The summed E-state index contributed by atoms with van der Waals surface area (Å²) in [5.41, 5.74) is 0. The molecule has 0 spiro atoms. The fourth-order valence-electron chi connectivity index (χ4n) is 1.39. The fraction of sp³-hybridized carbons (Fsp3) is 0.818. The number of hydrogen-bond donors (Lipinski definition) is 3. The smallest absolute Gasteiger partial charge is 0.463 e. The molecule has 19 heavy (non-hydrogen) atoms. The van der Waals surface area contributed by atoms with Crippen LogP contribution in [0.25, 0.3) is 0 Å². The summed E-state index contributed by atoms with van der Waals surface area (Å²) in [6.45, 7) is 2.71. The maximum Gasteiger partial charge on any atom is 0.506 e. The van der Waals surface area contributed by atoms with Crippen LogP contribution in [0.4, 0.5) is 4.79 Å². The lowest BCUT2D eigenvalue weighted by molar-refractivity contribution is -0.178. The first-order chi connectivity index (χ1) is 8.86. The Hall–Kier alpha value is -1.38. The van der Waals surface area contributed by atoms with Gasteiger partial charge in [0.1, 0.15) is 6.10 Å². The van der Waals surface area contributed by atoms with Crippen molar-refractivity contribution < 1.29 is 39.1 Å². The van der Waals surface area contributed by atoms with E-state index in [9.17, 15) is 14.7 Å². The highest BCUT2D eigenvalue weighted by molar-refractivity contribution is 5.66. The maximum atomic E-state index is 10.7. The third-order valence-corrected chi connectivity index (χ3v) is 2.09. The molecule has 0 amide bonds. The van der Waals surface area contributed by atoms with E-state index in [2.05, 4.69) is 4.74 Å². The second-order valence-corrected chi connectivity index (χ2v) is 3.92. The van der Waals surface area contributed by atoms with Crippen molar-refractivity contribution in [2.45, 2.75) is 45.2 Å². The van der Waals surface area contributed by atoms with Gasteiger partial charge in [-0.05, 0) is 13.3 Å². The minimum atomic E-state index is -1.56. The van der Waals surface area contributed by atoms with Crippen LogP contribution >= 0.6 is 0 Å². The van der Waals surface area contributed by atoms with Gasteiger partial charge in [-0.2, -0.15) is 0 Å². The second kappa shape index (κ2) is 9.54. The Kier molecular flexibility index (Phi) is 8.84. The van der Waals surface area contributed by atoms with Crippen molar-refractivity contribution >= 4 is 12.1 Å². The second-order valence-electron chi connectivity index (χ2n) is 3.92. The first-order valence-corrected chi connectivity index (χ1v) is 5.84. The monoisotopic (exact) mass is 280 g/mol. The molecule has 0 aliphatic heterocycles. The summed E-state index contributed by atoms with van der Waals surface area (Å²) in [6.07, 6.45) is -4.59. The standard InChI is InChI=1S/C11H20O8/c1-7(18-8(2)13)6-9(19-11(15)16)10(14)17-5-3-4-12/h7,9-10,12,14H,3-6H2,1-2H3,(H,15,16). The summed E-state index contributed by atoms with van der Waals surface area (Å²) in [5.74, 6) is -0.516. The van der Waals surface area contributed by atoms with Crippen LogP contribution in [-0.4, -0.2) is 59.2 Å². The molecule has 112 valence electrons. The summed E-state index contributed by atoms with van der Waals surface area (Å²) in [5, 5.41) is 26.8. The van der Waals surface area contributed by atoms with Crippen LogP contribution in [0.1, 0.15) is 26.7 Å². The van der Waals surface area contributed by atoms with Gasteiger partial charge in [0, 0.05) is 20.0 Å². The van der Waals surface area contributed by atoms with Crippen LogP contribution < -0.4 is 0 Å². The van der Waals surface area contributed by atoms with E-state index in [4.69, 9.17) is 19.7 Å². The van der Waals surface area contributed by atoms with Crippen molar-refractivity contribution in [1.82, 2.24) is 0 Å². The SMILES string of the molecule is CC(=O)OC(C)CC(OC(=O)O)C(O)OCCCO. The highest BCUT2D eigenvalue weighted by Gasteiger charge is 2.27. The first-order valence-electron chi connectivity index (χ1n) is 5.84. The topological polar surface area (TPSA) is 123 Å². The van der Waals surface area contributed by atoms with E-state index in [0.717, 1.165) is 0 Å². The average Bonchev–Trinajstić information content (AvgIpc) is 2.26. The van der Waals surface area contributed by atoms with Crippen LogP contribution in [0.2, 0.25) is 0 Å². The number of aliphatic hydroxyl groups excluding tert-OH is 2. The predicted molar refractivity (Wildman–Crippen MR) is 62.4 cm³/mol. The summed E-state index contributed by atoms with van der Waals surface area (Å²) in [4.78, 5) is 21.2. The molecule has 0 aromatic carbocycles. The Morgan fingerprint density at radius 2 is 1.89 bits per heavy atom. The van der Waals surface area contributed by atoms with E-state index < -0.39 is 30.6 Å². The van der Waals surface area contributed by atoms with Gasteiger partial charge in [0.2, 0.25) is 0 Å². The minimum absolute atomic E-state index is 0.0355. The van der Waals surface area contributed by atoms with Gasteiger partial charge in [-0.1, -0.05) is 0 Å². The quantitative estimate of drug-likeness (QED) is 0.309. The van der Waals surface area contributed by atoms with Crippen molar-refractivity contribution in [3.8, 4) is 0 Å². The number of carbonyl (C=O) groups excluding carboxylic acids is 1. The summed E-state index contributed by atoms with van der Waals surface area (Å²) in [6, 6.07) is 0. The minimum Gasteiger partial charge on any atom is -0.463 e. The zero-order valence-electron chi connectivity index (χ0n) is 10.9. The Morgan fingerprint density at radius 3 is 2.37 bits per heavy atom. The molecule has 3 atom stereocenters. The molecular weight excluding hydrogens is 260 g/mol. The van der Waals surface area contributed by atoms with Crippen molar-refractivity contribution in [2.75, 3.05) is 13.2 Å². The molecule has 0 aliphatic carbocycles. The van der Waals surface area contributed by atoms with Gasteiger partial charge in [0.15, 0.2) is 12.4 Å². The predicted octanol–water partition coefficient (Wildman–Crippen LogP) is 0.109. The Labute approximate surface area is 110 Å². The summed E-state index contributed by atoms with van der Waals surface area (Å²) in [7, 11) is 0. The van der Waals surface area contributed by atoms with Gasteiger partial charge < -0.3 is 29.5 Å². The van der Waals surface area contributed by atoms with Crippen LogP contribution in [-0.2, 0) is 19.0 Å². The number of hydrogen-bond acceptors (Lipinski definition) is 7. The molecule has 0 rings (SSSR count). The summed E-state index contributed by atoms with van der Waals surface area (Å²) >= 11 is 0. The molecule has 8 nitrogen and oxygen atoms in total. The number of rotatable bonds is 9.